The van der Waals surface area contributed by atoms with Crippen LogP contribution in [0.4, 0.5) is 0 Å². The van der Waals surface area contributed by atoms with E-state index in [1.54, 1.807) is 0 Å². The van der Waals surface area contributed by atoms with Gasteiger partial charge in [0.2, 0.25) is 0 Å². The lowest BCUT2D eigenvalue weighted by Crippen LogP contribution is -2.62. The SMILES string of the molecule is CCOC(=O)C1(NC2CC2)CC(C(C)C)C1. The summed E-state index contributed by atoms with van der Waals surface area (Å²) < 4.78 is 5.20. The molecule has 92 valence electrons. The highest BCUT2D eigenvalue weighted by atomic mass is 16.5. The number of carbonyl (C=O) groups is 1. The Morgan fingerprint density at radius 1 is 1.44 bits per heavy atom. The maximum absolute atomic E-state index is 12.0. The Hall–Kier alpha value is -0.570. The molecule has 0 radical (unpaired) electrons. The lowest BCUT2D eigenvalue weighted by atomic mass is 9.64. The van der Waals surface area contributed by atoms with E-state index in [1.165, 1.54) is 12.8 Å². The normalized spacial score (nSPS) is 33.6. The van der Waals surface area contributed by atoms with Gasteiger partial charge in [0.15, 0.2) is 0 Å². The molecule has 0 saturated heterocycles. The second-order valence-corrected chi connectivity index (χ2v) is 5.63. The Balaban J connectivity index is 1.95. The van der Waals surface area contributed by atoms with Crippen molar-refractivity contribution in [3.05, 3.63) is 0 Å². The van der Waals surface area contributed by atoms with E-state index in [-0.39, 0.29) is 11.5 Å². The van der Waals surface area contributed by atoms with Gasteiger partial charge in [-0.3, -0.25) is 10.1 Å². The summed E-state index contributed by atoms with van der Waals surface area (Å²) in [5.74, 6) is 1.32. The number of ether oxygens (including phenoxy) is 1. The zero-order chi connectivity index (χ0) is 11.8. The molecular formula is C13H23NO2. The van der Waals surface area contributed by atoms with Crippen LogP contribution < -0.4 is 5.32 Å². The highest BCUT2D eigenvalue weighted by molar-refractivity contribution is 5.82. The molecule has 0 aromatic carbocycles. The first-order chi connectivity index (χ1) is 7.57. The third-order valence-electron chi connectivity index (χ3n) is 3.89. The van der Waals surface area contributed by atoms with E-state index < -0.39 is 0 Å². The van der Waals surface area contributed by atoms with Gasteiger partial charge in [0.05, 0.1) is 6.61 Å². The van der Waals surface area contributed by atoms with Gasteiger partial charge in [-0.25, -0.2) is 0 Å². The van der Waals surface area contributed by atoms with E-state index in [9.17, 15) is 4.79 Å². The van der Waals surface area contributed by atoms with Crippen molar-refractivity contribution in [2.75, 3.05) is 6.61 Å². The third kappa shape index (κ3) is 2.24. The largest absolute Gasteiger partial charge is 0.465 e. The molecule has 2 fully saturated rings. The highest BCUT2D eigenvalue weighted by Gasteiger charge is 2.53. The molecule has 0 aromatic heterocycles. The summed E-state index contributed by atoms with van der Waals surface area (Å²) in [4.78, 5) is 12.0. The fourth-order valence-electron chi connectivity index (χ4n) is 2.54. The molecular weight excluding hydrogens is 202 g/mol. The van der Waals surface area contributed by atoms with Crippen LogP contribution in [-0.2, 0) is 9.53 Å². The van der Waals surface area contributed by atoms with Gasteiger partial charge in [0.25, 0.3) is 0 Å². The molecule has 0 bridgehead atoms. The lowest BCUT2D eigenvalue weighted by Gasteiger charge is -2.48. The molecule has 0 unspecified atom stereocenters. The van der Waals surface area contributed by atoms with Crippen LogP contribution >= 0.6 is 0 Å². The van der Waals surface area contributed by atoms with Gasteiger partial charge in [-0.2, -0.15) is 0 Å². The molecule has 2 rings (SSSR count). The molecule has 0 aromatic rings. The Morgan fingerprint density at radius 2 is 2.06 bits per heavy atom. The average molecular weight is 225 g/mol. The molecule has 2 saturated carbocycles. The van der Waals surface area contributed by atoms with Crippen LogP contribution in [0.15, 0.2) is 0 Å². The number of esters is 1. The first-order valence-corrected chi connectivity index (χ1v) is 6.52. The predicted molar refractivity (Wildman–Crippen MR) is 63.1 cm³/mol. The number of rotatable bonds is 5. The minimum absolute atomic E-state index is 0.0289. The summed E-state index contributed by atoms with van der Waals surface area (Å²) in [5, 5.41) is 3.50. The molecule has 0 amide bonds. The summed E-state index contributed by atoms with van der Waals surface area (Å²) in [7, 11) is 0. The zero-order valence-electron chi connectivity index (χ0n) is 10.6. The molecule has 2 aliphatic rings. The van der Waals surface area contributed by atoms with E-state index in [2.05, 4.69) is 19.2 Å². The molecule has 0 atom stereocenters. The van der Waals surface area contributed by atoms with Gasteiger partial charge in [0, 0.05) is 6.04 Å². The van der Waals surface area contributed by atoms with E-state index in [1.807, 2.05) is 6.92 Å². The number of carbonyl (C=O) groups excluding carboxylic acids is 1. The van der Waals surface area contributed by atoms with Gasteiger partial charge < -0.3 is 4.74 Å². The van der Waals surface area contributed by atoms with Crippen LogP contribution in [-0.4, -0.2) is 24.2 Å². The van der Waals surface area contributed by atoms with Crippen LogP contribution in [0.5, 0.6) is 0 Å². The van der Waals surface area contributed by atoms with E-state index in [4.69, 9.17) is 4.74 Å². The first-order valence-electron chi connectivity index (χ1n) is 6.52. The minimum Gasteiger partial charge on any atom is -0.465 e. The summed E-state index contributed by atoms with van der Waals surface area (Å²) in [5.41, 5.74) is -0.341. The van der Waals surface area contributed by atoms with E-state index in [0.29, 0.717) is 24.5 Å². The molecule has 1 N–H and O–H groups in total. The third-order valence-corrected chi connectivity index (χ3v) is 3.89. The van der Waals surface area contributed by atoms with Crippen LogP contribution in [0.25, 0.3) is 0 Å². The Bertz CT molecular complexity index is 265. The predicted octanol–water partition coefficient (Wildman–Crippen LogP) is 2.11. The van der Waals surface area contributed by atoms with Gasteiger partial charge in [0.1, 0.15) is 5.54 Å². The molecule has 16 heavy (non-hydrogen) atoms. The van der Waals surface area contributed by atoms with Crippen molar-refractivity contribution in [3.8, 4) is 0 Å². The van der Waals surface area contributed by atoms with Gasteiger partial charge in [-0.15, -0.1) is 0 Å². The quantitative estimate of drug-likeness (QED) is 0.728. The Labute approximate surface area is 97.9 Å². The molecule has 3 nitrogen and oxygen atoms in total. The molecule has 2 aliphatic carbocycles. The maximum atomic E-state index is 12.0. The first kappa shape index (κ1) is 11.9. The van der Waals surface area contributed by atoms with E-state index in [0.717, 1.165) is 12.8 Å². The number of hydrogen-bond acceptors (Lipinski definition) is 3. The van der Waals surface area contributed by atoms with Crippen molar-refractivity contribution < 1.29 is 9.53 Å². The van der Waals surface area contributed by atoms with Crippen molar-refractivity contribution in [1.29, 1.82) is 0 Å². The van der Waals surface area contributed by atoms with Crippen LogP contribution in [0.1, 0.15) is 46.5 Å². The van der Waals surface area contributed by atoms with Crippen LogP contribution in [0.2, 0.25) is 0 Å². The average Bonchev–Trinajstić information content (AvgIpc) is 2.93. The van der Waals surface area contributed by atoms with Gasteiger partial charge in [-0.05, 0) is 44.4 Å². The smallest absolute Gasteiger partial charge is 0.326 e. The second kappa shape index (κ2) is 4.36. The highest BCUT2D eigenvalue weighted by Crippen LogP contribution is 2.44. The molecule has 0 aliphatic heterocycles. The molecule has 0 spiro atoms. The van der Waals surface area contributed by atoms with Crippen molar-refractivity contribution in [3.63, 3.8) is 0 Å². The maximum Gasteiger partial charge on any atom is 0.326 e. The van der Waals surface area contributed by atoms with Crippen molar-refractivity contribution in [2.45, 2.75) is 58.0 Å². The zero-order valence-corrected chi connectivity index (χ0v) is 10.6. The summed E-state index contributed by atoms with van der Waals surface area (Å²) >= 11 is 0. The fraction of sp³-hybridized carbons (Fsp3) is 0.923. The number of hydrogen-bond donors (Lipinski definition) is 1. The summed E-state index contributed by atoms with van der Waals surface area (Å²) in [6.45, 7) is 6.83. The van der Waals surface area contributed by atoms with Gasteiger partial charge >= 0.3 is 5.97 Å². The Kier molecular flexibility index (Phi) is 3.24. The van der Waals surface area contributed by atoms with Gasteiger partial charge in [-0.1, -0.05) is 13.8 Å². The van der Waals surface area contributed by atoms with Crippen molar-refractivity contribution in [2.24, 2.45) is 11.8 Å². The fourth-order valence-corrected chi connectivity index (χ4v) is 2.54. The van der Waals surface area contributed by atoms with Crippen molar-refractivity contribution >= 4 is 5.97 Å². The lowest BCUT2D eigenvalue weighted by molar-refractivity contribution is -0.159. The standard InChI is InChI=1S/C13H23NO2/c1-4-16-12(15)13(14-11-5-6-11)7-10(8-13)9(2)3/h9-11,14H,4-8H2,1-3H3. The monoisotopic (exact) mass is 225 g/mol. The number of nitrogens with one attached hydrogen (secondary N) is 1. The van der Waals surface area contributed by atoms with E-state index >= 15 is 0 Å². The Morgan fingerprint density at radius 3 is 2.50 bits per heavy atom. The summed E-state index contributed by atoms with van der Waals surface area (Å²) in [6.07, 6.45) is 4.35. The minimum atomic E-state index is -0.341. The molecule has 0 heterocycles. The second-order valence-electron chi connectivity index (χ2n) is 5.63. The topological polar surface area (TPSA) is 38.3 Å². The summed E-state index contributed by atoms with van der Waals surface area (Å²) in [6, 6.07) is 0.567. The van der Waals surface area contributed by atoms with Crippen molar-refractivity contribution in [1.82, 2.24) is 5.32 Å². The van der Waals surface area contributed by atoms with Crippen LogP contribution in [0, 0.1) is 11.8 Å². The molecule has 3 heteroatoms. The van der Waals surface area contributed by atoms with Crippen LogP contribution in [0.3, 0.4) is 0 Å².